The third-order valence-corrected chi connectivity index (χ3v) is 7.71. The molecule has 0 spiro atoms. The van der Waals surface area contributed by atoms with Crippen molar-refractivity contribution in [1.82, 2.24) is 19.2 Å². The summed E-state index contributed by atoms with van der Waals surface area (Å²) in [6.07, 6.45) is 1.93. The lowest BCUT2D eigenvalue weighted by atomic mass is 10.0. The molecular formula is C20H25FN4O3S. The molecule has 156 valence electrons. The summed E-state index contributed by atoms with van der Waals surface area (Å²) < 4.78 is 40.8. The summed E-state index contributed by atoms with van der Waals surface area (Å²) >= 11 is 0. The first-order valence-electron chi connectivity index (χ1n) is 9.91. The van der Waals surface area contributed by atoms with Crippen molar-refractivity contribution in [2.24, 2.45) is 0 Å². The van der Waals surface area contributed by atoms with Crippen molar-refractivity contribution in [2.75, 3.05) is 13.1 Å². The van der Waals surface area contributed by atoms with E-state index in [4.69, 9.17) is 0 Å². The third-order valence-electron chi connectivity index (χ3n) is 5.79. The molecule has 2 aliphatic rings. The third kappa shape index (κ3) is 3.74. The second kappa shape index (κ2) is 7.62. The van der Waals surface area contributed by atoms with Gasteiger partial charge in [-0.2, -0.15) is 4.31 Å². The van der Waals surface area contributed by atoms with Crippen LogP contribution >= 0.6 is 0 Å². The zero-order valence-corrected chi connectivity index (χ0v) is 17.4. The van der Waals surface area contributed by atoms with Crippen LogP contribution in [0.25, 0.3) is 0 Å². The van der Waals surface area contributed by atoms with E-state index in [1.807, 2.05) is 0 Å². The first-order chi connectivity index (χ1) is 13.8. The van der Waals surface area contributed by atoms with Gasteiger partial charge in [-0.25, -0.2) is 17.8 Å². The van der Waals surface area contributed by atoms with E-state index >= 15 is 0 Å². The maximum absolute atomic E-state index is 13.2. The van der Waals surface area contributed by atoms with Gasteiger partial charge in [-0.1, -0.05) is 0 Å². The quantitative estimate of drug-likeness (QED) is 0.820. The molecule has 29 heavy (non-hydrogen) atoms. The van der Waals surface area contributed by atoms with Gasteiger partial charge in [-0.05, 0) is 51.0 Å². The summed E-state index contributed by atoms with van der Waals surface area (Å²) in [5, 5.41) is 0. The predicted molar refractivity (Wildman–Crippen MR) is 106 cm³/mol. The van der Waals surface area contributed by atoms with E-state index in [1.165, 1.54) is 16.4 Å². The molecule has 1 saturated heterocycles. The molecule has 1 N–H and O–H groups in total. The zero-order valence-electron chi connectivity index (χ0n) is 16.6. The van der Waals surface area contributed by atoms with Crippen molar-refractivity contribution in [3.63, 3.8) is 0 Å². The fourth-order valence-electron chi connectivity index (χ4n) is 4.11. The number of nitrogens with one attached hydrogen (secondary N) is 1. The molecule has 0 saturated carbocycles. The van der Waals surface area contributed by atoms with Gasteiger partial charge in [0.25, 0.3) is 5.56 Å². The molecule has 2 aromatic rings. The number of hydrogen-bond acceptors (Lipinski definition) is 5. The van der Waals surface area contributed by atoms with Crippen LogP contribution in [-0.4, -0.2) is 46.7 Å². The highest BCUT2D eigenvalue weighted by atomic mass is 32.2. The van der Waals surface area contributed by atoms with Crippen molar-refractivity contribution >= 4 is 10.0 Å². The highest BCUT2D eigenvalue weighted by Crippen LogP contribution is 2.35. The molecule has 1 atom stereocenters. The number of benzene rings is 1. The van der Waals surface area contributed by atoms with Crippen LogP contribution in [0.3, 0.4) is 0 Å². The summed E-state index contributed by atoms with van der Waals surface area (Å²) in [6, 6.07) is 4.63. The molecule has 0 amide bonds. The fraction of sp³-hybridized carbons (Fsp3) is 0.500. The molecule has 0 unspecified atom stereocenters. The second-order valence-electron chi connectivity index (χ2n) is 7.92. The molecule has 3 heterocycles. The fourth-order valence-corrected chi connectivity index (χ4v) is 5.77. The van der Waals surface area contributed by atoms with Crippen molar-refractivity contribution < 1.29 is 12.8 Å². The SMILES string of the molecule is CC(C)N1CCc2nc([C@H]3CCCN3S(=O)(=O)c3ccc(F)cc3)[nH]c(=O)c2C1. The largest absolute Gasteiger partial charge is 0.309 e. The Bertz CT molecular complexity index is 1070. The number of aromatic nitrogens is 2. The topological polar surface area (TPSA) is 86.4 Å². The van der Waals surface area contributed by atoms with E-state index in [1.54, 1.807) is 0 Å². The standard InChI is InChI=1S/C20H25FN4O3S/c1-13(2)24-11-9-17-16(12-24)20(26)23-19(22-17)18-4-3-10-25(18)29(27,28)15-7-5-14(21)6-8-15/h5-8,13,18H,3-4,9-12H2,1-2H3,(H,22,23,26)/t18-/m1/s1. The molecule has 7 nitrogen and oxygen atoms in total. The van der Waals surface area contributed by atoms with Gasteiger partial charge in [0.1, 0.15) is 11.6 Å². The Morgan fingerprint density at radius 2 is 1.93 bits per heavy atom. The molecule has 4 rings (SSSR count). The van der Waals surface area contributed by atoms with Gasteiger partial charge < -0.3 is 4.98 Å². The number of rotatable bonds is 4. The molecular weight excluding hydrogens is 395 g/mol. The normalized spacial score (nSPS) is 20.9. The summed E-state index contributed by atoms with van der Waals surface area (Å²) in [4.78, 5) is 22.5. The van der Waals surface area contributed by atoms with Crippen LogP contribution in [0, 0.1) is 5.82 Å². The van der Waals surface area contributed by atoms with Gasteiger partial charge >= 0.3 is 0 Å². The number of nitrogens with zero attached hydrogens (tertiary/aromatic N) is 3. The smallest absolute Gasteiger partial charge is 0.255 e. The van der Waals surface area contributed by atoms with Crippen molar-refractivity contribution in [3.05, 3.63) is 57.5 Å². The second-order valence-corrected chi connectivity index (χ2v) is 9.81. The average molecular weight is 421 g/mol. The number of fused-ring (bicyclic) bond motifs is 1. The Kier molecular flexibility index (Phi) is 5.30. The van der Waals surface area contributed by atoms with Gasteiger partial charge in [0.05, 0.1) is 22.2 Å². The van der Waals surface area contributed by atoms with Crippen LogP contribution in [0.15, 0.2) is 34.0 Å². The molecule has 1 fully saturated rings. The van der Waals surface area contributed by atoms with Crippen LogP contribution in [0.4, 0.5) is 4.39 Å². The first kappa shape index (κ1) is 20.2. The first-order valence-corrected chi connectivity index (χ1v) is 11.3. The maximum atomic E-state index is 13.2. The van der Waals surface area contributed by atoms with Crippen LogP contribution in [0.2, 0.25) is 0 Å². The maximum Gasteiger partial charge on any atom is 0.255 e. The minimum absolute atomic E-state index is 0.0404. The predicted octanol–water partition coefficient (Wildman–Crippen LogP) is 2.20. The summed E-state index contributed by atoms with van der Waals surface area (Å²) in [5.74, 6) is -0.0898. The summed E-state index contributed by atoms with van der Waals surface area (Å²) in [7, 11) is -3.81. The van der Waals surface area contributed by atoms with E-state index in [-0.39, 0.29) is 10.5 Å². The summed E-state index contributed by atoms with van der Waals surface area (Å²) in [6.45, 7) is 5.91. The lowest BCUT2D eigenvalue weighted by Gasteiger charge is -2.31. The molecule has 0 bridgehead atoms. The van der Waals surface area contributed by atoms with E-state index in [9.17, 15) is 17.6 Å². The van der Waals surface area contributed by atoms with Crippen molar-refractivity contribution in [2.45, 2.75) is 56.6 Å². The molecule has 1 aromatic heterocycles. The Morgan fingerprint density at radius 1 is 1.21 bits per heavy atom. The minimum Gasteiger partial charge on any atom is -0.309 e. The highest BCUT2D eigenvalue weighted by Gasteiger charge is 2.38. The molecule has 9 heteroatoms. The molecule has 1 aromatic carbocycles. The number of H-pyrrole nitrogens is 1. The lowest BCUT2D eigenvalue weighted by molar-refractivity contribution is 0.200. The molecule has 0 radical (unpaired) electrons. The Hall–Kier alpha value is -2.10. The van der Waals surface area contributed by atoms with Crippen molar-refractivity contribution in [3.8, 4) is 0 Å². The van der Waals surface area contributed by atoms with Crippen molar-refractivity contribution in [1.29, 1.82) is 0 Å². The van der Waals surface area contributed by atoms with Crippen LogP contribution in [0.5, 0.6) is 0 Å². The van der Waals surface area contributed by atoms with E-state index in [2.05, 4.69) is 28.7 Å². The van der Waals surface area contributed by atoms with E-state index in [0.29, 0.717) is 49.8 Å². The van der Waals surface area contributed by atoms with Crippen LogP contribution < -0.4 is 5.56 Å². The van der Waals surface area contributed by atoms with Gasteiger partial charge in [0, 0.05) is 32.1 Å². The highest BCUT2D eigenvalue weighted by molar-refractivity contribution is 7.89. The van der Waals surface area contributed by atoms with E-state index in [0.717, 1.165) is 24.4 Å². The molecule has 2 aliphatic heterocycles. The minimum atomic E-state index is -3.81. The van der Waals surface area contributed by atoms with Crippen LogP contribution in [0.1, 0.15) is 49.8 Å². The van der Waals surface area contributed by atoms with E-state index < -0.39 is 21.9 Å². The number of hydrogen-bond donors (Lipinski definition) is 1. The van der Waals surface area contributed by atoms with Gasteiger partial charge in [0.2, 0.25) is 10.0 Å². The summed E-state index contributed by atoms with van der Waals surface area (Å²) in [5.41, 5.74) is 1.23. The Balaban J connectivity index is 1.67. The van der Waals surface area contributed by atoms with Crippen LogP contribution in [-0.2, 0) is 23.0 Å². The number of halogens is 1. The zero-order chi connectivity index (χ0) is 20.8. The molecule has 0 aliphatic carbocycles. The number of aromatic amines is 1. The van der Waals surface area contributed by atoms with Gasteiger partial charge in [-0.15, -0.1) is 0 Å². The Morgan fingerprint density at radius 3 is 2.62 bits per heavy atom. The number of sulfonamides is 1. The van der Waals surface area contributed by atoms with Gasteiger partial charge in [-0.3, -0.25) is 9.69 Å². The Labute approximate surface area is 169 Å². The lowest BCUT2D eigenvalue weighted by Crippen LogP contribution is -2.40. The van der Waals surface area contributed by atoms with Gasteiger partial charge in [0.15, 0.2) is 0 Å². The average Bonchev–Trinajstić information content (AvgIpc) is 3.19. The monoisotopic (exact) mass is 420 g/mol.